The Bertz CT molecular complexity index is 249. The van der Waals surface area contributed by atoms with E-state index in [1.54, 1.807) is 4.90 Å². The van der Waals surface area contributed by atoms with Crippen molar-refractivity contribution in [2.75, 3.05) is 33.7 Å². The van der Waals surface area contributed by atoms with Crippen molar-refractivity contribution in [3.8, 4) is 0 Å². The molecule has 0 aromatic rings. The van der Waals surface area contributed by atoms with E-state index in [1.165, 1.54) is 25.7 Å². The van der Waals surface area contributed by atoms with Gasteiger partial charge in [-0.1, -0.05) is 0 Å². The lowest BCUT2D eigenvalue weighted by molar-refractivity contribution is -0.130. The van der Waals surface area contributed by atoms with Gasteiger partial charge in [0.25, 0.3) is 0 Å². The van der Waals surface area contributed by atoms with Gasteiger partial charge in [0.05, 0.1) is 6.54 Å². The topological polar surface area (TPSA) is 35.6 Å². The molecule has 2 saturated heterocycles. The van der Waals surface area contributed by atoms with Crippen LogP contribution < -0.4 is 5.32 Å². The van der Waals surface area contributed by atoms with E-state index in [1.807, 2.05) is 14.1 Å². The second-order valence-electron chi connectivity index (χ2n) is 5.17. The van der Waals surface area contributed by atoms with Crippen LogP contribution in [-0.2, 0) is 4.79 Å². The quantitative estimate of drug-likeness (QED) is 0.750. The fraction of sp³-hybridized carbons (Fsp3) is 0.917. The van der Waals surface area contributed by atoms with Gasteiger partial charge in [0.2, 0.25) is 5.91 Å². The molecule has 4 heteroatoms. The number of likely N-dealkylation sites (tertiary alicyclic amines) is 1. The molecule has 0 aromatic carbocycles. The van der Waals surface area contributed by atoms with Gasteiger partial charge in [0.15, 0.2) is 0 Å². The Morgan fingerprint density at radius 1 is 1.38 bits per heavy atom. The van der Waals surface area contributed by atoms with Crippen LogP contribution in [0.3, 0.4) is 0 Å². The van der Waals surface area contributed by atoms with Crippen molar-refractivity contribution in [2.24, 2.45) is 0 Å². The predicted molar refractivity (Wildman–Crippen MR) is 64.3 cm³/mol. The van der Waals surface area contributed by atoms with E-state index in [0.29, 0.717) is 18.6 Å². The molecular formula is C12H23N3O. The first-order valence-corrected chi connectivity index (χ1v) is 6.36. The van der Waals surface area contributed by atoms with Crippen molar-refractivity contribution in [2.45, 2.75) is 37.8 Å². The number of carbonyl (C=O) groups excluding carboxylic acids is 1. The lowest BCUT2D eigenvalue weighted by Crippen LogP contribution is -2.47. The van der Waals surface area contributed by atoms with Crippen molar-refractivity contribution in [1.82, 2.24) is 15.1 Å². The molecule has 0 bridgehead atoms. The van der Waals surface area contributed by atoms with Crippen molar-refractivity contribution < 1.29 is 4.79 Å². The van der Waals surface area contributed by atoms with Crippen molar-refractivity contribution in [1.29, 1.82) is 0 Å². The zero-order valence-corrected chi connectivity index (χ0v) is 10.4. The fourth-order valence-corrected chi connectivity index (χ4v) is 2.86. The van der Waals surface area contributed by atoms with Crippen molar-refractivity contribution in [3.63, 3.8) is 0 Å². The van der Waals surface area contributed by atoms with Gasteiger partial charge in [-0.25, -0.2) is 0 Å². The number of nitrogens with zero attached hydrogens (tertiary/aromatic N) is 2. The van der Waals surface area contributed by atoms with Gasteiger partial charge in [0, 0.05) is 26.2 Å². The lowest BCUT2D eigenvalue weighted by Gasteiger charge is -2.29. The molecule has 4 nitrogen and oxygen atoms in total. The third-order valence-electron chi connectivity index (χ3n) is 3.81. The largest absolute Gasteiger partial charge is 0.348 e. The molecule has 92 valence electrons. The Balaban J connectivity index is 1.90. The van der Waals surface area contributed by atoms with Crippen LogP contribution in [0, 0.1) is 0 Å². The third-order valence-corrected chi connectivity index (χ3v) is 3.81. The Kier molecular flexibility index (Phi) is 3.82. The molecule has 0 spiro atoms. The number of amides is 1. The highest BCUT2D eigenvalue weighted by atomic mass is 16.2. The standard InChI is InChI=1S/C12H23N3O/c1-14(2)12(16)9-15-8-4-6-11(15)10-5-3-7-13-10/h10-11,13H,3-9H2,1-2H3. The SMILES string of the molecule is CN(C)C(=O)CN1CCCC1C1CCCN1. The molecule has 0 radical (unpaired) electrons. The number of nitrogens with one attached hydrogen (secondary N) is 1. The first-order valence-electron chi connectivity index (χ1n) is 6.36. The zero-order valence-electron chi connectivity index (χ0n) is 10.4. The van der Waals surface area contributed by atoms with Crippen LogP contribution >= 0.6 is 0 Å². The van der Waals surface area contributed by atoms with Gasteiger partial charge in [-0.05, 0) is 38.8 Å². The monoisotopic (exact) mass is 225 g/mol. The van der Waals surface area contributed by atoms with Crippen LogP contribution in [0.5, 0.6) is 0 Å². The molecule has 16 heavy (non-hydrogen) atoms. The molecule has 2 aliphatic rings. The molecule has 2 fully saturated rings. The Morgan fingerprint density at radius 3 is 2.81 bits per heavy atom. The normalized spacial score (nSPS) is 30.9. The Hall–Kier alpha value is -0.610. The molecule has 2 atom stereocenters. The van der Waals surface area contributed by atoms with E-state index in [-0.39, 0.29) is 5.91 Å². The van der Waals surface area contributed by atoms with Crippen LogP contribution in [0.4, 0.5) is 0 Å². The second-order valence-corrected chi connectivity index (χ2v) is 5.17. The summed E-state index contributed by atoms with van der Waals surface area (Å²) in [5.74, 6) is 0.227. The van der Waals surface area contributed by atoms with Crippen LogP contribution in [0.2, 0.25) is 0 Å². The van der Waals surface area contributed by atoms with Crippen LogP contribution in [0.15, 0.2) is 0 Å². The molecule has 0 aliphatic carbocycles. The molecule has 0 saturated carbocycles. The van der Waals surface area contributed by atoms with Gasteiger partial charge in [-0.2, -0.15) is 0 Å². The number of carbonyl (C=O) groups is 1. The number of hydrogen-bond donors (Lipinski definition) is 1. The highest BCUT2D eigenvalue weighted by Crippen LogP contribution is 2.24. The van der Waals surface area contributed by atoms with E-state index < -0.39 is 0 Å². The molecule has 1 N–H and O–H groups in total. The summed E-state index contributed by atoms with van der Waals surface area (Å²) in [6, 6.07) is 1.21. The van der Waals surface area contributed by atoms with E-state index in [2.05, 4.69) is 10.2 Å². The summed E-state index contributed by atoms with van der Waals surface area (Å²) in [4.78, 5) is 15.8. The van der Waals surface area contributed by atoms with Crippen LogP contribution in [0.25, 0.3) is 0 Å². The van der Waals surface area contributed by atoms with Gasteiger partial charge in [-0.15, -0.1) is 0 Å². The number of rotatable bonds is 3. The van der Waals surface area contributed by atoms with E-state index in [9.17, 15) is 4.79 Å². The zero-order chi connectivity index (χ0) is 11.5. The van der Waals surface area contributed by atoms with Crippen molar-refractivity contribution in [3.05, 3.63) is 0 Å². The minimum atomic E-state index is 0.227. The molecule has 2 rings (SSSR count). The van der Waals surface area contributed by atoms with E-state index >= 15 is 0 Å². The minimum Gasteiger partial charge on any atom is -0.348 e. The second kappa shape index (κ2) is 5.15. The molecule has 2 aliphatic heterocycles. The first-order chi connectivity index (χ1) is 7.68. The molecular weight excluding hydrogens is 202 g/mol. The molecule has 2 heterocycles. The van der Waals surface area contributed by atoms with Gasteiger partial charge >= 0.3 is 0 Å². The summed E-state index contributed by atoms with van der Waals surface area (Å²) in [6.07, 6.45) is 5.05. The highest BCUT2D eigenvalue weighted by Gasteiger charge is 2.34. The summed E-state index contributed by atoms with van der Waals surface area (Å²) in [6.45, 7) is 2.83. The predicted octanol–water partition coefficient (Wildman–Crippen LogP) is 0.291. The number of hydrogen-bond acceptors (Lipinski definition) is 3. The summed E-state index contributed by atoms with van der Waals surface area (Å²) in [5, 5.41) is 3.56. The van der Waals surface area contributed by atoms with Gasteiger partial charge < -0.3 is 10.2 Å². The van der Waals surface area contributed by atoms with Gasteiger partial charge in [0.1, 0.15) is 0 Å². The maximum Gasteiger partial charge on any atom is 0.236 e. The lowest BCUT2D eigenvalue weighted by atomic mass is 10.0. The highest BCUT2D eigenvalue weighted by molar-refractivity contribution is 5.77. The third kappa shape index (κ3) is 2.55. The maximum atomic E-state index is 11.7. The molecule has 1 amide bonds. The smallest absolute Gasteiger partial charge is 0.236 e. The average Bonchev–Trinajstić information content (AvgIpc) is 2.85. The maximum absolute atomic E-state index is 11.7. The summed E-state index contributed by atoms with van der Waals surface area (Å²) < 4.78 is 0. The Labute approximate surface area is 98.0 Å². The van der Waals surface area contributed by atoms with Gasteiger partial charge in [-0.3, -0.25) is 9.69 Å². The Morgan fingerprint density at radius 2 is 2.19 bits per heavy atom. The summed E-state index contributed by atoms with van der Waals surface area (Å²) in [7, 11) is 3.67. The minimum absolute atomic E-state index is 0.227. The van der Waals surface area contributed by atoms with Crippen LogP contribution in [-0.4, -0.2) is 61.5 Å². The summed E-state index contributed by atoms with van der Waals surface area (Å²) in [5.41, 5.74) is 0. The van der Waals surface area contributed by atoms with E-state index in [0.717, 1.165) is 13.1 Å². The van der Waals surface area contributed by atoms with Crippen molar-refractivity contribution >= 4 is 5.91 Å². The molecule has 2 unspecified atom stereocenters. The number of likely N-dealkylation sites (N-methyl/N-ethyl adjacent to an activating group) is 1. The first kappa shape index (κ1) is 11.9. The summed E-state index contributed by atoms with van der Waals surface area (Å²) >= 11 is 0. The van der Waals surface area contributed by atoms with E-state index in [4.69, 9.17) is 0 Å². The van der Waals surface area contributed by atoms with Crippen LogP contribution in [0.1, 0.15) is 25.7 Å². The fourth-order valence-electron chi connectivity index (χ4n) is 2.86. The molecule has 0 aromatic heterocycles. The average molecular weight is 225 g/mol.